The summed E-state index contributed by atoms with van der Waals surface area (Å²) in [5.74, 6) is 1.62. The molecule has 1 aliphatic heterocycles. The van der Waals surface area contributed by atoms with Crippen molar-refractivity contribution >= 4 is 45.5 Å². The Bertz CT molecular complexity index is 1270. The van der Waals surface area contributed by atoms with Crippen LogP contribution in [-0.2, 0) is 0 Å². The molecule has 36 heavy (non-hydrogen) atoms. The Hall–Kier alpha value is -2.96. The predicted octanol–water partition coefficient (Wildman–Crippen LogP) is 5.19. The van der Waals surface area contributed by atoms with Gasteiger partial charge >= 0.3 is 0 Å². The Morgan fingerprint density at radius 2 is 1.69 bits per heavy atom. The van der Waals surface area contributed by atoms with Crippen LogP contribution in [0, 0.1) is 11.3 Å². The normalized spacial score (nSPS) is 14.4. The number of hydrogen-bond acceptors (Lipinski definition) is 8. The van der Waals surface area contributed by atoms with Crippen molar-refractivity contribution in [1.82, 2.24) is 14.8 Å². The van der Waals surface area contributed by atoms with Gasteiger partial charge in [-0.2, -0.15) is 5.26 Å². The van der Waals surface area contributed by atoms with Crippen molar-refractivity contribution in [2.45, 2.75) is 6.92 Å². The summed E-state index contributed by atoms with van der Waals surface area (Å²) in [4.78, 5) is 9.34. The number of benzene rings is 2. The summed E-state index contributed by atoms with van der Waals surface area (Å²) in [6, 6.07) is 9.12. The third-order valence-electron chi connectivity index (χ3n) is 6.35. The second-order valence-electron chi connectivity index (χ2n) is 8.39. The number of fused-ring (bicyclic) bond motifs is 1. The van der Waals surface area contributed by atoms with Crippen molar-refractivity contribution in [3.05, 3.63) is 46.1 Å². The average molecular weight is 530 g/mol. The van der Waals surface area contributed by atoms with E-state index in [0.717, 1.165) is 39.3 Å². The first-order valence-corrected chi connectivity index (χ1v) is 12.5. The molecule has 2 heterocycles. The van der Waals surface area contributed by atoms with Crippen LogP contribution in [-0.4, -0.2) is 74.9 Å². The van der Waals surface area contributed by atoms with Crippen molar-refractivity contribution in [3.8, 4) is 23.3 Å². The van der Waals surface area contributed by atoms with E-state index in [2.05, 4.69) is 33.1 Å². The fourth-order valence-electron chi connectivity index (χ4n) is 4.22. The van der Waals surface area contributed by atoms with Gasteiger partial charge in [0.1, 0.15) is 18.4 Å². The lowest BCUT2D eigenvalue weighted by Gasteiger charge is -2.33. The number of likely N-dealkylation sites (N-methyl/N-ethyl adjacent to an activating group) is 1. The van der Waals surface area contributed by atoms with Crippen molar-refractivity contribution in [2.24, 2.45) is 0 Å². The summed E-state index contributed by atoms with van der Waals surface area (Å²) >= 11 is 12.6. The molecule has 1 aromatic heterocycles. The van der Waals surface area contributed by atoms with Crippen LogP contribution in [0.25, 0.3) is 10.9 Å². The molecule has 0 aliphatic carbocycles. The lowest BCUT2D eigenvalue weighted by Crippen LogP contribution is -2.47. The Labute approximate surface area is 221 Å². The van der Waals surface area contributed by atoms with Crippen LogP contribution >= 0.6 is 23.2 Å². The summed E-state index contributed by atoms with van der Waals surface area (Å²) in [5.41, 5.74) is 2.10. The number of rotatable bonds is 9. The standard InChI is InChI=1S/C26H29Cl2N5O3/c1-4-32-5-7-33(8-6-32)9-10-36-25-13-21-18(11-24(25)35-3)26(17(15-29)16-30-21)31-22-14-23(34-2)20(28)12-19(22)27/h11-14,16H,4-10H2,1-3H3,(H,30,31). The van der Waals surface area contributed by atoms with Gasteiger partial charge in [0.15, 0.2) is 11.5 Å². The van der Waals surface area contributed by atoms with Gasteiger partial charge in [-0.1, -0.05) is 30.1 Å². The Morgan fingerprint density at radius 3 is 2.36 bits per heavy atom. The van der Waals surface area contributed by atoms with Crippen LogP contribution in [0.5, 0.6) is 17.2 Å². The number of pyridine rings is 1. The van der Waals surface area contributed by atoms with Crippen molar-refractivity contribution in [2.75, 3.05) is 65.4 Å². The van der Waals surface area contributed by atoms with Gasteiger partial charge in [0.05, 0.1) is 46.7 Å². The number of ether oxygens (including phenoxy) is 3. The van der Waals surface area contributed by atoms with Crippen molar-refractivity contribution < 1.29 is 14.2 Å². The number of piperazine rings is 1. The number of anilines is 2. The maximum absolute atomic E-state index is 9.75. The smallest absolute Gasteiger partial charge is 0.163 e. The predicted molar refractivity (Wildman–Crippen MR) is 143 cm³/mol. The molecule has 0 unspecified atom stereocenters. The van der Waals surface area contributed by atoms with Gasteiger partial charge in [-0.05, 0) is 18.7 Å². The van der Waals surface area contributed by atoms with E-state index in [0.29, 0.717) is 61.7 Å². The summed E-state index contributed by atoms with van der Waals surface area (Å²) in [7, 11) is 3.12. The number of methoxy groups -OCH3 is 2. The molecule has 1 aliphatic rings. The maximum Gasteiger partial charge on any atom is 0.163 e. The Kier molecular flexibility index (Phi) is 8.60. The first kappa shape index (κ1) is 26.1. The monoisotopic (exact) mass is 529 g/mol. The molecular weight excluding hydrogens is 501 g/mol. The van der Waals surface area contributed by atoms with Crippen LogP contribution in [0.15, 0.2) is 30.5 Å². The van der Waals surface area contributed by atoms with Crippen LogP contribution < -0.4 is 19.5 Å². The van der Waals surface area contributed by atoms with E-state index >= 15 is 0 Å². The molecule has 1 saturated heterocycles. The highest BCUT2D eigenvalue weighted by atomic mass is 35.5. The highest BCUT2D eigenvalue weighted by molar-refractivity contribution is 6.37. The van der Waals surface area contributed by atoms with E-state index < -0.39 is 0 Å². The van der Waals surface area contributed by atoms with Gasteiger partial charge in [0, 0.05) is 56.4 Å². The molecule has 0 atom stereocenters. The van der Waals surface area contributed by atoms with E-state index in [1.807, 2.05) is 12.1 Å². The topological polar surface area (TPSA) is 82.9 Å². The highest BCUT2D eigenvalue weighted by Crippen LogP contribution is 2.40. The van der Waals surface area contributed by atoms with Gasteiger partial charge < -0.3 is 24.4 Å². The fraction of sp³-hybridized carbons (Fsp3) is 0.385. The zero-order chi connectivity index (χ0) is 25.7. The van der Waals surface area contributed by atoms with E-state index in [4.69, 9.17) is 37.4 Å². The van der Waals surface area contributed by atoms with Gasteiger partial charge in [-0.15, -0.1) is 0 Å². The maximum atomic E-state index is 9.75. The minimum Gasteiger partial charge on any atom is -0.495 e. The number of nitrogens with one attached hydrogen (secondary N) is 1. The molecule has 3 aromatic rings. The lowest BCUT2D eigenvalue weighted by atomic mass is 10.1. The minimum absolute atomic E-state index is 0.356. The summed E-state index contributed by atoms with van der Waals surface area (Å²) in [5, 5.41) is 14.5. The molecule has 2 aromatic carbocycles. The van der Waals surface area contributed by atoms with Gasteiger partial charge in [-0.25, -0.2) is 0 Å². The largest absolute Gasteiger partial charge is 0.495 e. The first-order chi connectivity index (χ1) is 17.5. The molecule has 190 valence electrons. The first-order valence-electron chi connectivity index (χ1n) is 11.8. The van der Waals surface area contributed by atoms with Gasteiger partial charge in [0.2, 0.25) is 0 Å². The van der Waals surface area contributed by atoms with E-state index in [1.54, 1.807) is 19.2 Å². The lowest BCUT2D eigenvalue weighted by molar-refractivity contribution is 0.120. The molecular formula is C26H29Cl2N5O3. The number of halogens is 2. The second-order valence-corrected chi connectivity index (χ2v) is 9.21. The highest BCUT2D eigenvalue weighted by Gasteiger charge is 2.18. The summed E-state index contributed by atoms with van der Waals surface area (Å²) in [6.07, 6.45) is 1.52. The van der Waals surface area contributed by atoms with E-state index in [9.17, 15) is 5.26 Å². The number of hydrogen-bond donors (Lipinski definition) is 1. The number of nitrogens with zero attached hydrogens (tertiary/aromatic N) is 4. The molecule has 10 heteroatoms. The van der Waals surface area contributed by atoms with Crippen LogP contribution in [0.1, 0.15) is 12.5 Å². The molecule has 4 rings (SSSR count). The van der Waals surface area contributed by atoms with E-state index in [1.165, 1.54) is 13.3 Å². The SMILES string of the molecule is CCN1CCN(CCOc2cc3ncc(C#N)c(Nc4cc(OC)c(Cl)cc4Cl)c3cc2OC)CC1. The van der Waals surface area contributed by atoms with Gasteiger partial charge in [0.25, 0.3) is 0 Å². The summed E-state index contributed by atoms with van der Waals surface area (Å²) in [6.45, 7) is 8.91. The molecule has 0 saturated carbocycles. The molecule has 8 nitrogen and oxygen atoms in total. The zero-order valence-electron chi connectivity index (χ0n) is 20.6. The number of aromatic nitrogens is 1. The minimum atomic E-state index is 0.356. The van der Waals surface area contributed by atoms with Crippen LogP contribution in [0.3, 0.4) is 0 Å². The molecule has 1 fully saturated rings. The summed E-state index contributed by atoms with van der Waals surface area (Å²) < 4.78 is 17.1. The quantitative estimate of drug-likeness (QED) is 0.405. The average Bonchev–Trinajstić information content (AvgIpc) is 2.90. The van der Waals surface area contributed by atoms with E-state index in [-0.39, 0.29) is 0 Å². The molecule has 0 spiro atoms. The Morgan fingerprint density at radius 1 is 0.972 bits per heavy atom. The third-order valence-corrected chi connectivity index (χ3v) is 6.96. The van der Waals surface area contributed by atoms with Gasteiger partial charge in [-0.3, -0.25) is 9.88 Å². The van der Waals surface area contributed by atoms with Crippen LogP contribution in [0.4, 0.5) is 11.4 Å². The van der Waals surface area contributed by atoms with Crippen LogP contribution in [0.2, 0.25) is 10.0 Å². The molecule has 0 amide bonds. The second kappa shape index (κ2) is 11.8. The number of nitriles is 1. The molecule has 0 bridgehead atoms. The third kappa shape index (κ3) is 5.71. The Balaban J connectivity index is 1.59. The zero-order valence-corrected chi connectivity index (χ0v) is 22.1. The van der Waals surface area contributed by atoms with Crippen molar-refractivity contribution in [3.63, 3.8) is 0 Å². The molecule has 1 N–H and O–H groups in total. The molecule has 0 radical (unpaired) electrons. The fourth-order valence-corrected chi connectivity index (χ4v) is 4.73. The van der Waals surface area contributed by atoms with Crippen molar-refractivity contribution in [1.29, 1.82) is 5.26 Å².